The maximum atomic E-state index is 12.7. The highest BCUT2D eigenvalue weighted by molar-refractivity contribution is 5.80. The summed E-state index contributed by atoms with van der Waals surface area (Å²) < 4.78 is 5.73. The lowest BCUT2D eigenvalue weighted by Crippen LogP contribution is -2.46. The van der Waals surface area contributed by atoms with Crippen molar-refractivity contribution in [1.82, 2.24) is 25.3 Å². The Balaban J connectivity index is 1.41. The molecule has 3 rings (SSSR count). The lowest BCUT2D eigenvalue weighted by molar-refractivity contribution is -0.135. The molecule has 0 aliphatic carbocycles. The van der Waals surface area contributed by atoms with Crippen molar-refractivity contribution in [2.24, 2.45) is 11.3 Å². The van der Waals surface area contributed by atoms with Gasteiger partial charge in [0.25, 0.3) is 0 Å². The second-order valence-electron chi connectivity index (χ2n) is 10.1. The van der Waals surface area contributed by atoms with Gasteiger partial charge in [-0.05, 0) is 51.4 Å². The topological polar surface area (TPSA) is 91.6 Å². The molecule has 2 aromatic rings. The number of nitrogens with one attached hydrogen (secondary N) is 1. The van der Waals surface area contributed by atoms with Crippen LogP contribution in [0.1, 0.15) is 44.6 Å². The molecule has 1 aliphatic rings. The first-order chi connectivity index (χ1) is 15.6. The molecule has 33 heavy (non-hydrogen) atoms. The first kappa shape index (κ1) is 24.9. The van der Waals surface area contributed by atoms with Crippen molar-refractivity contribution in [2.45, 2.75) is 46.5 Å². The molecule has 1 aromatic carbocycles. The van der Waals surface area contributed by atoms with Crippen molar-refractivity contribution in [2.75, 3.05) is 40.3 Å². The molecule has 0 bridgehead atoms. The van der Waals surface area contributed by atoms with Gasteiger partial charge in [0, 0.05) is 50.5 Å². The Bertz CT molecular complexity index is 928. The molecule has 0 radical (unpaired) electrons. The lowest BCUT2D eigenvalue weighted by atomic mass is 9.91. The van der Waals surface area contributed by atoms with Crippen molar-refractivity contribution in [3.63, 3.8) is 0 Å². The number of hydrogen-bond donors (Lipinski definition) is 1. The Kier molecular flexibility index (Phi) is 8.24. The third-order valence-electron chi connectivity index (χ3n) is 6.02. The van der Waals surface area contributed by atoms with Gasteiger partial charge in [0.05, 0.1) is 0 Å². The van der Waals surface area contributed by atoms with Gasteiger partial charge in [-0.15, -0.1) is 10.2 Å². The molecule has 8 heteroatoms. The summed E-state index contributed by atoms with van der Waals surface area (Å²) in [6.07, 6.45) is 2.14. The number of carbonyl (C=O) groups excluding carboxylic acids is 2. The molecule has 1 saturated heterocycles. The predicted molar refractivity (Wildman–Crippen MR) is 127 cm³/mol. The van der Waals surface area contributed by atoms with Crippen LogP contribution in [0.25, 0.3) is 11.5 Å². The highest BCUT2D eigenvalue weighted by atomic mass is 16.4. The first-order valence-corrected chi connectivity index (χ1v) is 11.7. The first-order valence-electron chi connectivity index (χ1n) is 11.7. The minimum absolute atomic E-state index is 0.0177. The van der Waals surface area contributed by atoms with E-state index in [0.717, 1.165) is 12.1 Å². The zero-order valence-corrected chi connectivity index (χ0v) is 20.6. The maximum Gasteiger partial charge on any atom is 0.247 e. The quantitative estimate of drug-likeness (QED) is 0.625. The van der Waals surface area contributed by atoms with Crippen LogP contribution in [0, 0.1) is 18.3 Å². The molecule has 0 unspecified atom stereocenters. The normalized spacial score (nSPS) is 15.2. The van der Waals surface area contributed by atoms with Gasteiger partial charge < -0.3 is 19.5 Å². The molecule has 0 atom stereocenters. The molecule has 8 nitrogen and oxygen atoms in total. The summed E-state index contributed by atoms with van der Waals surface area (Å²) in [7, 11) is 4.08. The number of rotatable bonds is 9. The van der Waals surface area contributed by atoms with Gasteiger partial charge in [-0.25, -0.2) is 0 Å². The molecule has 2 heterocycles. The van der Waals surface area contributed by atoms with E-state index >= 15 is 0 Å². The van der Waals surface area contributed by atoms with E-state index in [-0.39, 0.29) is 23.1 Å². The molecular formula is C25H37N5O3. The van der Waals surface area contributed by atoms with E-state index in [1.54, 1.807) is 0 Å². The van der Waals surface area contributed by atoms with Gasteiger partial charge in [0.15, 0.2) is 0 Å². The predicted octanol–water partition coefficient (Wildman–Crippen LogP) is 2.92. The fourth-order valence-corrected chi connectivity index (χ4v) is 4.31. The number of carbonyl (C=O) groups is 2. The summed E-state index contributed by atoms with van der Waals surface area (Å²) >= 11 is 0. The van der Waals surface area contributed by atoms with E-state index < -0.39 is 0 Å². The van der Waals surface area contributed by atoms with Crippen LogP contribution < -0.4 is 5.32 Å². The van der Waals surface area contributed by atoms with Gasteiger partial charge in [0.1, 0.15) is 0 Å². The smallest absolute Gasteiger partial charge is 0.247 e. The molecule has 1 fully saturated rings. The summed E-state index contributed by atoms with van der Waals surface area (Å²) in [5, 5.41) is 11.3. The average molecular weight is 456 g/mol. The largest absolute Gasteiger partial charge is 0.421 e. The summed E-state index contributed by atoms with van der Waals surface area (Å²) in [6, 6.07) is 7.89. The second kappa shape index (κ2) is 10.9. The van der Waals surface area contributed by atoms with E-state index in [4.69, 9.17) is 4.42 Å². The van der Waals surface area contributed by atoms with Gasteiger partial charge in [-0.3, -0.25) is 9.59 Å². The van der Waals surface area contributed by atoms with Crippen LogP contribution in [0.2, 0.25) is 0 Å². The zero-order valence-electron chi connectivity index (χ0n) is 20.6. The van der Waals surface area contributed by atoms with E-state index in [1.165, 1.54) is 5.56 Å². The Morgan fingerprint density at radius 3 is 2.45 bits per heavy atom. The average Bonchev–Trinajstić information content (AvgIpc) is 3.24. The van der Waals surface area contributed by atoms with Crippen LogP contribution in [0.15, 0.2) is 28.7 Å². The van der Waals surface area contributed by atoms with Crippen LogP contribution >= 0.6 is 0 Å². The third kappa shape index (κ3) is 7.39. The molecule has 2 amide bonds. The summed E-state index contributed by atoms with van der Waals surface area (Å²) in [6.45, 7) is 9.11. The minimum Gasteiger partial charge on any atom is -0.421 e. The molecule has 0 saturated carbocycles. The number of aromatic nitrogens is 2. The maximum absolute atomic E-state index is 12.7. The number of piperidine rings is 1. The molecule has 0 spiro atoms. The SMILES string of the molecule is Cc1ccc(-c2nnc(CCC(=O)N3CCC(C(=O)NCC(C)(C)CN(C)C)CC3)o2)cc1. The van der Waals surface area contributed by atoms with E-state index in [1.807, 2.05) is 50.2 Å². The lowest BCUT2D eigenvalue weighted by Gasteiger charge is -2.33. The molecular weight excluding hydrogens is 418 g/mol. The Morgan fingerprint density at radius 1 is 1.15 bits per heavy atom. The van der Waals surface area contributed by atoms with Crippen LogP contribution in [0.3, 0.4) is 0 Å². The van der Waals surface area contributed by atoms with Crippen molar-refractivity contribution < 1.29 is 14.0 Å². The fourth-order valence-electron chi connectivity index (χ4n) is 4.31. The van der Waals surface area contributed by atoms with Crippen molar-refractivity contribution in [3.05, 3.63) is 35.7 Å². The number of likely N-dealkylation sites (tertiary alicyclic amines) is 1. The monoisotopic (exact) mass is 455 g/mol. The molecule has 180 valence electrons. The Hall–Kier alpha value is -2.74. The Labute approximate surface area is 196 Å². The minimum atomic E-state index is -0.0304. The van der Waals surface area contributed by atoms with E-state index in [0.29, 0.717) is 57.1 Å². The molecule has 1 N–H and O–H groups in total. The van der Waals surface area contributed by atoms with Gasteiger partial charge >= 0.3 is 0 Å². The fraction of sp³-hybridized carbons (Fsp3) is 0.600. The van der Waals surface area contributed by atoms with E-state index in [2.05, 4.69) is 34.3 Å². The van der Waals surface area contributed by atoms with Crippen molar-refractivity contribution >= 4 is 11.8 Å². The number of hydrogen-bond acceptors (Lipinski definition) is 6. The summed E-state index contributed by atoms with van der Waals surface area (Å²) in [5.74, 6) is 1.07. The highest BCUT2D eigenvalue weighted by Gasteiger charge is 2.28. The summed E-state index contributed by atoms with van der Waals surface area (Å²) in [4.78, 5) is 29.2. The number of benzene rings is 1. The Morgan fingerprint density at radius 2 is 1.82 bits per heavy atom. The summed E-state index contributed by atoms with van der Waals surface area (Å²) in [5.41, 5.74) is 2.05. The third-order valence-corrected chi connectivity index (χ3v) is 6.02. The van der Waals surface area contributed by atoms with Gasteiger partial charge in [-0.1, -0.05) is 31.5 Å². The number of aryl methyl sites for hydroxylation is 2. The zero-order chi connectivity index (χ0) is 24.0. The highest BCUT2D eigenvalue weighted by Crippen LogP contribution is 2.21. The van der Waals surface area contributed by atoms with Crippen molar-refractivity contribution in [1.29, 1.82) is 0 Å². The molecule has 1 aromatic heterocycles. The molecule has 1 aliphatic heterocycles. The van der Waals surface area contributed by atoms with Crippen LogP contribution in [-0.4, -0.2) is 72.1 Å². The van der Waals surface area contributed by atoms with Gasteiger partial charge in [0.2, 0.25) is 23.6 Å². The van der Waals surface area contributed by atoms with E-state index in [9.17, 15) is 9.59 Å². The van der Waals surface area contributed by atoms with Crippen LogP contribution in [0.5, 0.6) is 0 Å². The standard InChI is InChI=1S/C25H37N5O3/c1-18-6-8-20(9-7-18)24-28-27-21(33-24)10-11-22(31)30-14-12-19(13-15-30)23(32)26-16-25(2,3)17-29(4)5/h6-9,19H,10-17H2,1-5H3,(H,26,32). The number of amides is 2. The van der Waals surface area contributed by atoms with Crippen LogP contribution in [0.4, 0.5) is 0 Å². The second-order valence-corrected chi connectivity index (χ2v) is 10.1. The number of nitrogens with zero attached hydrogens (tertiary/aromatic N) is 4. The van der Waals surface area contributed by atoms with Gasteiger partial charge in [-0.2, -0.15) is 0 Å². The van der Waals surface area contributed by atoms with Crippen LogP contribution in [-0.2, 0) is 16.0 Å². The van der Waals surface area contributed by atoms with Crippen molar-refractivity contribution in [3.8, 4) is 11.5 Å².